The monoisotopic (exact) mass is 296 g/mol. The molecule has 0 aromatic rings. The zero-order valence-electron chi connectivity index (χ0n) is 12.4. The summed E-state index contributed by atoms with van der Waals surface area (Å²) < 4.78 is 11.0. The molecule has 2 N–H and O–H groups in total. The fourth-order valence-electron chi connectivity index (χ4n) is 3.04. The lowest BCUT2D eigenvalue weighted by atomic mass is 10.0. The zero-order chi connectivity index (χ0) is 14.7. The van der Waals surface area contributed by atoms with E-state index >= 15 is 0 Å². The Morgan fingerprint density at radius 1 is 0.905 bits per heavy atom. The molecule has 0 spiro atoms. The first-order chi connectivity index (χ1) is 10.2. The highest BCUT2D eigenvalue weighted by Gasteiger charge is 2.56. The maximum Gasteiger partial charge on any atom is 0.235 e. The summed E-state index contributed by atoms with van der Waals surface area (Å²) in [6.07, 6.45) is 5.57. The van der Waals surface area contributed by atoms with Crippen LogP contribution in [0.15, 0.2) is 0 Å². The summed E-state index contributed by atoms with van der Waals surface area (Å²) in [7, 11) is 0. The van der Waals surface area contributed by atoms with Crippen LogP contribution in [0.3, 0.4) is 0 Å². The van der Waals surface area contributed by atoms with Crippen molar-refractivity contribution < 1.29 is 19.1 Å². The van der Waals surface area contributed by atoms with Crippen LogP contribution >= 0.6 is 0 Å². The van der Waals surface area contributed by atoms with Crippen LogP contribution in [0.5, 0.6) is 0 Å². The van der Waals surface area contributed by atoms with Gasteiger partial charge in [-0.05, 0) is 38.5 Å². The normalized spacial score (nSPS) is 30.1. The summed E-state index contributed by atoms with van der Waals surface area (Å²) in [5.74, 6) is -0.300. The number of carbonyl (C=O) groups excluding carboxylic acids is 2. The molecule has 2 atom stereocenters. The first-order valence-electron chi connectivity index (χ1n) is 8.00. The number of hydrogen-bond acceptors (Lipinski definition) is 4. The molecule has 3 aliphatic rings. The van der Waals surface area contributed by atoms with E-state index in [1.165, 1.54) is 0 Å². The molecule has 2 unspecified atom stereocenters. The van der Waals surface area contributed by atoms with Gasteiger partial charge in [-0.15, -0.1) is 0 Å². The second-order valence-electron chi connectivity index (χ2n) is 6.27. The summed E-state index contributed by atoms with van der Waals surface area (Å²) in [6, 6.07) is 0. The van der Waals surface area contributed by atoms with Crippen LogP contribution in [0.4, 0.5) is 0 Å². The van der Waals surface area contributed by atoms with Gasteiger partial charge in [-0.1, -0.05) is 0 Å². The largest absolute Gasteiger partial charge is 0.376 e. The van der Waals surface area contributed by atoms with E-state index in [4.69, 9.17) is 9.47 Å². The maximum absolute atomic E-state index is 12.3. The van der Waals surface area contributed by atoms with Gasteiger partial charge in [-0.25, -0.2) is 0 Å². The van der Waals surface area contributed by atoms with Crippen LogP contribution in [-0.4, -0.2) is 50.3 Å². The Kier molecular flexibility index (Phi) is 4.45. The summed E-state index contributed by atoms with van der Waals surface area (Å²) >= 11 is 0. The van der Waals surface area contributed by atoms with Gasteiger partial charge in [0.05, 0.1) is 12.2 Å². The SMILES string of the molecule is O=C(NCC1CCCO1)C1(C(=O)NCC2CCCO2)CC1. The molecule has 21 heavy (non-hydrogen) atoms. The lowest BCUT2D eigenvalue weighted by Crippen LogP contribution is -2.46. The second-order valence-corrected chi connectivity index (χ2v) is 6.27. The molecule has 3 fully saturated rings. The van der Waals surface area contributed by atoms with Crippen molar-refractivity contribution >= 4 is 11.8 Å². The molecule has 2 saturated heterocycles. The topological polar surface area (TPSA) is 76.7 Å². The van der Waals surface area contributed by atoms with Crippen molar-refractivity contribution in [2.45, 2.75) is 50.7 Å². The van der Waals surface area contributed by atoms with Crippen LogP contribution in [0, 0.1) is 5.41 Å². The highest BCUT2D eigenvalue weighted by Crippen LogP contribution is 2.46. The third-order valence-corrected chi connectivity index (χ3v) is 4.65. The number of ether oxygens (including phenoxy) is 2. The molecule has 3 rings (SSSR count). The van der Waals surface area contributed by atoms with Gasteiger partial charge in [0.25, 0.3) is 0 Å². The minimum atomic E-state index is -0.836. The number of carbonyl (C=O) groups is 2. The lowest BCUT2D eigenvalue weighted by molar-refractivity contribution is -0.137. The average molecular weight is 296 g/mol. The molecule has 1 saturated carbocycles. The third-order valence-electron chi connectivity index (χ3n) is 4.65. The van der Waals surface area contributed by atoms with E-state index in [1.54, 1.807) is 0 Å². The van der Waals surface area contributed by atoms with E-state index in [1.807, 2.05) is 0 Å². The maximum atomic E-state index is 12.3. The van der Waals surface area contributed by atoms with Crippen molar-refractivity contribution in [3.63, 3.8) is 0 Å². The molecule has 0 aromatic heterocycles. The van der Waals surface area contributed by atoms with Gasteiger partial charge in [0, 0.05) is 26.3 Å². The number of hydrogen-bond donors (Lipinski definition) is 2. The van der Waals surface area contributed by atoms with Crippen molar-refractivity contribution in [3.05, 3.63) is 0 Å². The summed E-state index contributed by atoms with van der Waals surface area (Å²) in [5, 5.41) is 5.76. The number of nitrogens with one attached hydrogen (secondary N) is 2. The Bertz CT molecular complexity index is 362. The molecule has 2 heterocycles. The van der Waals surface area contributed by atoms with E-state index in [9.17, 15) is 9.59 Å². The van der Waals surface area contributed by atoms with Crippen molar-refractivity contribution in [2.75, 3.05) is 26.3 Å². The van der Waals surface area contributed by atoms with Crippen molar-refractivity contribution in [1.82, 2.24) is 10.6 Å². The van der Waals surface area contributed by atoms with Gasteiger partial charge in [0.2, 0.25) is 11.8 Å². The summed E-state index contributed by atoms with van der Waals surface area (Å²) in [6.45, 7) is 2.57. The van der Waals surface area contributed by atoms with E-state index in [-0.39, 0.29) is 24.0 Å². The molecule has 6 nitrogen and oxygen atoms in total. The van der Waals surface area contributed by atoms with Crippen LogP contribution in [-0.2, 0) is 19.1 Å². The highest BCUT2D eigenvalue weighted by atomic mass is 16.5. The molecular formula is C15H24N2O4. The minimum absolute atomic E-state index is 0.111. The van der Waals surface area contributed by atoms with Gasteiger partial charge in [-0.3, -0.25) is 9.59 Å². The Morgan fingerprint density at radius 3 is 1.71 bits per heavy atom. The van der Waals surface area contributed by atoms with Gasteiger partial charge in [-0.2, -0.15) is 0 Å². The Morgan fingerprint density at radius 2 is 1.38 bits per heavy atom. The van der Waals surface area contributed by atoms with Crippen LogP contribution in [0.25, 0.3) is 0 Å². The highest BCUT2D eigenvalue weighted by molar-refractivity contribution is 6.07. The molecule has 1 aliphatic carbocycles. The molecular weight excluding hydrogens is 272 g/mol. The predicted molar refractivity (Wildman–Crippen MR) is 75.6 cm³/mol. The van der Waals surface area contributed by atoms with E-state index < -0.39 is 5.41 Å². The number of amides is 2. The molecule has 0 aromatic carbocycles. The fourth-order valence-corrected chi connectivity index (χ4v) is 3.04. The predicted octanol–water partition coefficient (Wildman–Crippen LogP) is 0.357. The third kappa shape index (κ3) is 3.37. The van der Waals surface area contributed by atoms with Crippen molar-refractivity contribution in [2.24, 2.45) is 5.41 Å². The summed E-state index contributed by atoms with van der Waals surface area (Å²) in [5.41, 5.74) is -0.836. The van der Waals surface area contributed by atoms with E-state index in [2.05, 4.69) is 10.6 Å². The average Bonchev–Trinajstić information content (AvgIpc) is 2.92. The van der Waals surface area contributed by atoms with Crippen LogP contribution in [0.1, 0.15) is 38.5 Å². The van der Waals surface area contributed by atoms with Crippen molar-refractivity contribution in [1.29, 1.82) is 0 Å². The number of rotatable bonds is 6. The fraction of sp³-hybridized carbons (Fsp3) is 0.867. The van der Waals surface area contributed by atoms with E-state index in [0.717, 1.165) is 38.9 Å². The Balaban J connectivity index is 1.43. The summed E-state index contributed by atoms with van der Waals surface area (Å²) in [4.78, 5) is 24.5. The molecule has 0 bridgehead atoms. The standard InChI is InChI=1S/C15H24N2O4/c18-13(16-9-11-3-1-7-20-11)15(5-6-15)14(19)17-10-12-4-2-8-21-12/h11-12H,1-10H2,(H,16,18)(H,17,19). The molecule has 0 radical (unpaired) electrons. The van der Waals surface area contributed by atoms with Gasteiger partial charge in [0.15, 0.2) is 0 Å². The van der Waals surface area contributed by atoms with E-state index in [0.29, 0.717) is 25.9 Å². The van der Waals surface area contributed by atoms with Crippen molar-refractivity contribution in [3.8, 4) is 0 Å². The molecule has 118 valence electrons. The Hall–Kier alpha value is -1.14. The Labute approximate surface area is 124 Å². The lowest BCUT2D eigenvalue weighted by Gasteiger charge is -2.18. The van der Waals surface area contributed by atoms with Gasteiger partial charge < -0.3 is 20.1 Å². The zero-order valence-corrected chi connectivity index (χ0v) is 12.4. The first-order valence-corrected chi connectivity index (χ1v) is 8.00. The molecule has 2 amide bonds. The minimum Gasteiger partial charge on any atom is -0.376 e. The quantitative estimate of drug-likeness (QED) is 0.694. The van der Waals surface area contributed by atoms with Crippen LogP contribution in [0.2, 0.25) is 0 Å². The molecule has 2 aliphatic heterocycles. The molecule has 6 heteroatoms. The first kappa shape index (κ1) is 14.8. The smallest absolute Gasteiger partial charge is 0.235 e. The van der Waals surface area contributed by atoms with Gasteiger partial charge >= 0.3 is 0 Å². The second kappa shape index (κ2) is 6.32. The van der Waals surface area contributed by atoms with Gasteiger partial charge in [0.1, 0.15) is 5.41 Å². The van der Waals surface area contributed by atoms with Crippen LogP contribution < -0.4 is 10.6 Å².